The van der Waals surface area contributed by atoms with Crippen molar-refractivity contribution in [3.8, 4) is 11.3 Å². The maximum Gasteiger partial charge on any atom is 0.233 e. The molecule has 3 atom stereocenters. The molecule has 3 unspecified atom stereocenters. The first-order valence-electron chi connectivity index (χ1n) is 13.0. The van der Waals surface area contributed by atoms with Gasteiger partial charge in [0.25, 0.3) is 0 Å². The van der Waals surface area contributed by atoms with E-state index in [4.69, 9.17) is 11.6 Å². The molecular formula is C28H29Cl2FN6O2. The third-order valence-corrected chi connectivity index (χ3v) is 8.87. The van der Waals surface area contributed by atoms with Crippen molar-refractivity contribution < 1.29 is 14.0 Å². The Balaban J connectivity index is 0.00000277. The van der Waals surface area contributed by atoms with Crippen LogP contribution in [0.5, 0.6) is 0 Å². The van der Waals surface area contributed by atoms with Crippen LogP contribution in [0.25, 0.3) is 27.7 Å². The van der Waals surface area contributed by atoms with Crippen molar-refractivity contribution in [1.29, 1.82) is 0 Å². The lowest BCUT2D eigenvalue weighted by Gasteiger charge is -2.31. The number of carbonyl (C=O) groups is 2. The van der Waals surface area contributed by atoms with Crippen LogP contribution in [0.1, 0.15) is 32.3 Å². The summed E-state index contributed by atoms with van der Waals surface area (Å²) in [7, 11) is 0. The van der Waals surface area contributed by atoms with E-state index in [2.05, 4.69) is 15.4 Å². The van der Waals surface area contributed by atoms with Crippen molar-refractivity contribution >= 4 is 52.2 Å². The zero-order valence-electron chi connectivity index (χ0n) is 21.7. The minimum Gasteiger partial charge on any atom is -0.344 e. The number of nitrogens with one attached hydrogen (secondary N) is 1. The molecule has 1 aromatic carbocycles. The summed E-state index contributed by atoms with van der Waals surface area (Å²) in [6.07, 6.45) is 6.50. The number of alkyl halides is 1. The standard InChI is InChI=1S/C28H28ClFN6O2.ClH/c1-27(2)21-22(27)26(38)35(25(21)37)11-16-8-20-23(32-15-33-36(20)12-16)19-10-18(29)9-17-4-7-34(24(17)19)14-28(30)5-3-6-31-13-28;/h4,7-10,12,15,21-22,31H,3,5-6,11,13-14H2,1-2H3;1H. The van der Waals surface area contributed by atoms with E-state index in [9.17, 15) is 9.59 Å². The number of hydrogen-bond acceptors (Lipinski definition) is 5. The Kier molecular flexibility index (Phi) is 6.06. The van der Waals surface area contributed by atoms with Crippen LogP contribution in [0.4, 0.5) is 4.39 Å². The van der Waals surface area contributed by atoms with Crippen LogP contribution in [0.15, 0.2) is 43.0 Å². The number of fused-ring (bicyclic) bond motifs is 3. The first kappa shape index (κ1) is 26.2. The van der Waals surface area contributed by atoms with Gasteiger partial charge in [0, 0.05) is 34.9 Å². The summed E-state index contributed by atoms with van der Waals surface area (Å²) in [5, 5.41) is 9.01. The second-order valence-electron chi connectivity index (χ2n) is 11.6. The van der Waals surface area contributed by atoms with Gasteiger partial charge in [-0.25, -0.2) is 13.9 Å². The molecule has 5 heterocycles. The molecule has 3 aromatic heterocycles. The number of amides is 2. The smallest absolute Gasteiger partial charge is 0.233 e. The molecule has 4 aromatic rings. The molecule has 0 spiro atoms. The van der Waals surface area contributed by atoms with E-state index in [-0.39, 0.29) is 54.6 Å². The first-order chi connectivity index (χ1) is 18.2. The summed E-state index contributed by atoms with van der Waals surface area (Å²) in [5.74, 6) is -0.627. The van der Waals surface area contributed by atoms with E-state index >= 15 is 4.39 Å². The molecule has 3 aliphatic rings. The van der Waals surface area contributed by atoms with E-state index in [0.29, 0.717) is 23.7 Å². The summed E-state index contributed by atoms with van der Waals surface area (Å²) in [6.45, 7) is 5.53. The average Bonchev–Trinajstić information content (AvgIpc) is 3.22. The molecule has 2 saturated heterocycles. The summed E-state index contributed by atoms with van der Waals surface area (Å²) in [4.78, 5) is 31.7. The maximum atomic E-state index is 15.7. The quantitative estimate of drug-likeness (QED) is 0.353. The van der Waals surface area contributed by atoms with E-state index in [1.165, 1.54) is 11.2 Å². The Labute approximate surface area is 235 Å². The lowest BCUT2D eigenvalue weighted by atomic mass is 9.96. The second kappa shape index (κ2) is 9.01. The van der Waals surface area contributed by atoms with Gasteiger partial charge in [-0.3, -0.25) is 14.5 Å². The highest BCUT2D eigenvalue weighted by molar-refractivity contribution is 6.32. The van der Waals surface area contributed by atoms with Crippen LogP contribution >= 0.6 is 24.0 Å². The normalized spacial score (nSPS) is 25.8. The maximum absolute atomic E-state index is 15.7. The summed E-state index contributed by atoms with van der Waals surface area (Å²) in [6, 6.07) is 7.58. The lowest BCUT2D eigenvalue weighted by Crippen LogP contribution is -2.45. The van der Waals surface area contributed by atoms with E-state index in [0.717, 1.165) is 40.5 Å². The van der Waals surface area contributed by atoms with Crippen molar-refractivity contribution in [3.05, 3.63) is 53.6 Å². The van der Waals surface area contributed by atoms with Crippen molar-refractivity contribution in [3.63, 3.8) is 0 Å². The number of nitrogens with zero attached hydrogens (tertiary/aromatic N) is 5. The molecule has 1 N–H and O–H groups in total. The summed E-state index contributed by atoms with van der Waals surface area (Å²) < 4.78 is 19.3. The van der Waals surface area contributed by atoms with Gasteiger partial charge in [-0.2, -0.15) is 5.10 Å². The molecule has 1 saturated carbocycles. The zero-order chi connectivity index (χ0) is 26.4. The van der Waals surface area contributed by atoms with Crippen molar-refractivity contribution in [1.82, 2.24) is 29.4 Å². The number of rotatable bonds is 5. The number of piperidine rings is 2. The monoisotopic (exact) mass is 570 g/mol. The number of aromatic nitrogens is 4. The predicted molar refractivity (Wildman–Crippen MR) is 148 cm³/mol. The highest BCUT2D eigenvalue weighted by Crippen LogP contribution is 2.63. The van der Waals surface area contributed by atoms with Crippen LogP contribution in [0.3, 0.4) is 0 Å². The summed E-state index contributed by atoms with van der Waals surface area (Å²) >= 11 is 6.52. The molecule has 3 fully saturated rings. The molecule has 7 rings (SSSR count). The number of benzene rings is 1. The van der Waals surface area contributed by atoms with Crippen LogP contribution in [0, 0.1) is 17.3 Å². The number of imide groups is 1. The highest BCUT2D eigenvalue weighted by Gasteiger charge is 2.72. The number of likely N-dealkylation sites (tertiary alicyclic amines) is 1. The number of hydrogen-bond donors (Lipinski definition) is 1. The fraction of sp³-hybridized carbons (Fsp3) is 0.429. The number of halogens is 3. The van der Waals surface area contributed by atoms with Gasteiger partial charge in [-0.15, -0.1) is 12.4 Å². The Morgan fingerprint density at radius 2 is 1.95 bits per heavy atom. The van der Waals surface area contributed by atoms with Gasteiger partial charge in [-0.05, 0) is 54.6 Å². The first-order valence-corrected chi connectivity index (χ1v) is 13.4. The van der Waals surface area contributed by atoms with Gasteiger partial charge in [0.15, 0.2) is 0 Å². The molecular weight excluding hydrogens is 542 g/mol. The predicted octanol–water partition coefficient (Wildman–Crippen LogP) is 4.66. The SMILES string of the molecule is CC1(C)C2C(=O)N(Cc3cc4c(-c5cc(Cl)cc6ccn(CC7(F)CCCNC7)c56)ncnn4c3)C(=O)C21.Cl. The largest absolute Gasteiger partial charge is 0.344 e. The van der Waals surface area contributed by atoms with Gasteiger partial charge < -0.3 is 9.88 Å². The lowest BCUT2D eigenvalue weighted by molar-refractivity contribution is -0.143. The van der Waals surface area contributed by atoms with E-state index < -0.39 is 5.67 Å². The fourth-order valence-corrected chi connectivity index (χ4v) is 6.84. The molecule has 1 aliphatic carbocycles. The van der Waals surface area contributed by atoms with Gasteiger partial charge in [0.2, 0.25) is 11.8 Å². The van der Waals surface area contributed by atoms with E-state index in [1.807, 2.05) is 55.1 Å². The van der Waals surface area contributed by atoms with Crippen molar-refractivity contribution in [2.45, 2.75) is 45.4 Å². The minimum absolute atomic E-state index is 0. The zero-order valence-corrected chi connectivity index (χ0v) is 23.2. The van der Waals surface area contributed by atoms with Crippen molar-refractivity contribution in [2.75, 3.05) is 13.1 Å². The van der Waals surface area contributed by atoms with Crippen LogP contribution in [0.2, 0.25) is 5.02 Å². The Bertz CT molecular complexity index is 1620. The minimum atomic E-state index is -1.34. The third kappa shape index (κ3) is 4.05. The molecule has 0 bridgehead atoms. The van der Waals surface area contributed by atoms with Gasteiger partial charge in [-0.1, -0.05) is 25.4 Å². The second-order valence-corrected chi connectivity index (χ2v) is 12.0. The molecule has 2 aliphatic heterocycles. The van der Waals surface area contributed by atoms with Gasteiger partial charge >= 0.3 is 0 Å². The third-order valence-electron chi connectivity index (χ3n) is 8.65. The molecule has 204 valence electrons. The molecule has 2 amide bonds. The number of carbonyl (C=O) groups excluding carboxylic acids is 2. The molecule has 0 radical (unpaired) electrons. The fourth-order valence-electron chi connectivity index (χ4n) is 6.62. The van der Waals surface area contributed by atoms with Crippen LogP contribution in [-0.4, -0.2) is 54.6 Å². The average molecular weight is 571 g/mol. The topological polar surface area (TPSA) is 84.5 Å². The Morgan fingerprint density at radius 1 is 1.18 bits per heavy atom. The van der Waals surface area contributed by atoms with E-state index in [1.54, 1.807) is 4.52 Å². The van der Waals surface area contributed by atoms with Gasteiger partial charge in [0.1, 0.15) is 12.0 Å². The molecule has 11 heteroatoms. The molecule has 39 heavy (non-hydrogen) atoms. The summed E-state index contributed by atoms with van der Waals surface area (Å²) in [5.41, 5.74) is 2.21. The Morgan fingerprint density at radius 3 is 2.67 bits per heavy atom. The van der Waals surface area contributed by atoms with Crippen LogP contribution in [-0.2, 0) is 22.7 Å². The Hall–Kier alpha value is -3.01. The highest BCUT2D eigenvalue weighted by atomic mass is 35.5. The van der Waals surface area contributed by atoms with Crippen molar-refractivity contribution in [2.24, 2.45) is 17.3 Å². The van der Waals surface area contributed by atoms with Gasteiger partial charge in [0.05, 0.1) is 41.7 Å². The van der Waals surface area contributed by atoms with Crippen LogP contribution < -0.4 is 5.32 Å². The molecule has 8 nitrogen and oxygen atoms in total.